The maximum atomic E-state index is 12.8. The van der Waals surface area contributed by atoms with Gasteiger partial charge in [0.25, 0.3) is 0 Å². The van der Waals surface area contributed by atoms with Gasteiger partial charge in [0.15, 0.2) is 0 Å². The normalized spacial score (nSPS) is 11.4. The third-order valence-corrected chi connectivity index (χ3v) is 2.68. The molecule has 1 N–H and O–H groups in total. The van der Waals surface area contributed by atoms with Gasteiger partial charge in [-0.25, -0.2) is 0 Å². The number of benzene rings is 1. The number of nitrogens with zero attached hydrogens (tertiary/aromatic N) is 1. The average Bonchev–Trinajstić information content (AvgIpc) is 2.45. The maximum absolute atomic E-state index is 12.8. The summed E-state index contributed by atoms with van der Waals surface area (Å²) >= 11 is 0. The van der Waals surface area contributed by atoms with Crippen molar-refractivity contribution >= 4 is 0 Å². The van der Waals surface area contributed by atoms with Crippen molar-refractivity contribution in [2.24, 2.45) is 0 Å². The van der Waals surface area contributed by atoms with E-state index in [0.717, 1.165) is 6.07 Å². The van der Waals surface area contributed by atoms with Crippen LogP contribution >= 0.6 is 0 Å². The van der Waals surface area contributed by atoms with Crippen molar-refractivity contribution in [1.29, 1.82) is 0 Å². The molecule has 0 amide bonds. The highest BCUT2D eigenvalue weighted by molar-refractivity contribution is 5.30. The first-order valence-electron chi connectivity index (χ1n) is 5.84. The molecule has 0 spiro atoms. The molecule has 0 unspecified atom stereocenters. The van der Waals surface area contributed by atoms with Crippen LogP contribution in [0.5, 0.6) is 5.75 Å². The van der Waals surface area contributed by atoms with E-state index in [9.17, 15) is 13.2 Å². The van der Waals surface area contributed by atoms with Gasteiger partial charge in [-0.05, 0) is 18.2 Å². The monoisotopic (exact) mass is 283 g/mol. The fraction of sp³-hybridized carbons (Fsp3) is 0.214. The van der Waals surface area contributed by atoms with E-state index in [2.05, 4.69) is 4.98 Å². The summed E-state index contributed by atoms with van der Waals surface area (Å²) in [6.07, 6.45) is -3.04. The zero-order valence-corrected chi connectivity index (χ0v) is 10.4. The van der Waals surface area contributed by atoms with Crippen molar-refractivity contribution in [3.05, 3.63) is 59.4 Å². The van der Waals surface area contributed by atoms with Crippen LogP contribution in [0.4, 0.5) is 13.2 Å². The lowest BCUT2D eigenvalue weighted by Crippen LogP contribution is -2.10. The van der Waals surface area contributed by atoms with Gasteiger partial charge in [-0.2, -0.15) is 13.2 Å². The molecule has 0 aliphatic carbocycles. The Balaban J connectivity index is 2.10. The third kappa shape index (κ3) is 3.48. The predicted octanol–water partition coefficient (Wildman–Crippen LogP) is 3.17. The molecule has 0 saturated carbocycles. The molecule has 0 aliphatic heterocycles. The second-order valence-electron chi connectivity index (χ2n) is 4.09. The number of alkyl halides is 3. The Labute approximate surface area is 113 Å². The van der Waals surface area contributed by atoms with Crippen molar-refractivity contribution in [1.82, 2.24) is 4.98 Å². The Hall–Kier alpha value is -2.08. The fourth-order valence-corrected chi connectivity index (χ4v) is 1.67. The summed E-state index contributed by atoms with van der Waals surface area (Å²) < 4.78 is 43.6. The SMILES string of the molecule is OCc1ccc(OCc2ccccc2C(F)(F)F)cn1. The molecule has 2 aromatic rings. The lowest BCUT2D eigenvalue weighted by atomic mass is 10.1. The van der Waals surface area contributed by atoms with Crippen LogP contribution in [0.3, 0.4) is 0 Å². The summed E-state index contributed by atoms with van der Waals surface area (Å²) in [4.78, 5) is 3.88. The first-order valence-corrected chi connectivity index (χ1v) is 5.84. The molecule has 1 aromatic carbocycles. The van der Waals surface area contributed by atoms with Gasteiger partial charge in [0.1, 0.15) is 12.4 Å². The number of hydrogen-bond donors (Lipinski definition) is 1. The van der Waals surface area contributed by atoms with Crippen LogP contribution in [0.25, 0.3) is 0 Å². The Morgan fingerprint density at radius 3 is 2.45 bits per heavy atom. The highest BCUT2D eigenvalue weighted by atomic mass is 19.4. The van der Waals surface area contributed by atoms with Crippen LogP contribution in [-0.4, -0.2) is 10.1 Å². The number of pyridine rings is 1. The molecule has 1 heterocycles. The molecule has 0 aliphatic rings. The molecule has 20 heavy (non-hydrogen) atoms. The smallest absolute Gasteiger partial charge is 0.416 e. The third-order valence-electron chi connectivity index (χ3n) is 2.68. The van der Waals surface area contributed by atoms with Gasteiger partial charge >= 0.3 is 6.18 Å². The second kappa shape index (κ2) is 5.92. The van der Waals surface area contributed by atoms with Gasteiger partial charge in [0.2, 0.25) is 0 Å². The summed E-state index contributed by atoms with van der Waals surface area (Å²) in [5.41, 5.74) is -0.181. The summed E-state index contributed by atoms with van der Waals surface area (Å²) in [6.45, 7) is -0.396. The first kappa shape index (κ1) is 14.3. The number of hydrogen-bond acceptors (Lipinski definition) is 3. The molecule has 1 aromatic heterocycles. The Bertz CT molecular complexity index is 567. The molecule has 0 fully saturated rings. The number of rotatable bonds is 4. The molecule has 6 heteroatoms. The first-order chi connectivity index (χ1) is 9.50. The van der Waals surface area contributed by atoms with E-state index < -0.39 is 11.7 Å². The number of aliphatic hydroxyl groups excluding tert-OH is 1. The van der Waals surface area contributed by atoms with Gasteiger partial charge < -0.3 is 9.84 Å². The zero-order chi connectivity index (χ0) is 14.6. The quantitative estimate of drug-likeness (QED) is 0.937. The number of aromatic nitrogens is 1. The Kier molecular flexibility index (Phi) is 4.24. The minimum absolute atomic E-state index is 0.0613. The minimum atomic E-state index is -4.40. The topological polar surface area (TPSA) is 42.4 Å². The summed E-state index contributed by atoms with van der Waals surface area (Å²) in [7, 11) is 0. The summed E-state index contributed by atoms with van der Waals surface area (Å²) in [5, 5.41) is 8.83. The predicted molar refractivity (Wildman–Crippen MR) is 65.9 cm³/mol. The minimum Gasteiger partial charge on any atom is -0.487 e. The number of aliphatic hydroxyl groups is 1. The van der Waals surface area contributed by atoms with Gasteiger partial charge in [0.05, 0.1) is 24.1 Å². The zero-order valence-electron chi connectivity index (χ0n) is 10.4. The lowest BCUT2D eigenvalue weighted by molar-refractivity contribution is -0.138. The Morgan fingerprint density at radius 2 is 1.85 bits per heavy atom. The van der Waals surface area contributed by atoms with Crippen molar-refractivity contribution in [2.45, 2.75) is 19.4 Å². The molecule has 106 valence electrons. The summed E-state index contributed by atoms with van der Waals surface area (Å²) in [5.74, 6) is 0.346. The average molecular weight is 283 g/mol. The van der Waals surface area contributed by atoms with E-state index in [1.54, 1.807) is 12.1 Å². The van der Waals surface area contributed by atoms with Crippen LogP contribution in [0.2, 0.25) is 0 Å². The van der Waals surface area contributed by atoms with E-state index in [1.807, 2.05) is 0 Å². The molecule has 0 saturated heterocycles. The van der Waals surface area contributed by atoms with E-state index in [1.165, 1.54) is 24.4 Å². The van der Waals surface area contributed by atoms with Gasteiger partial charge in [-0.1, -0.05) is 18.2 Å². The standard InChI is InChI=1S/C14H12F3NO2/c15-14(16,17)13-4-2-1-3-10(13)9-20-12-6-5-11(8-19)18-7-12/h1-7,19H,8-9H2. The van der Waals surface area contributed by atoms with Crippen molar-refractivity contribution < 1.29 is 23.0 Å². The van der Waals surface area contributed by atoms with Crippen molar-refractivity contribution in [3.8, 4) is 5.75 Å². The molecule has 0 atom stereocenters. The highest BCUT2D eigenvalue weighted by Crippen LogP contribution is 2.32. The molecule has 0 radical (unpaired) electrons. The van der Waals surface area contributed by atoms with Crippen LogP contribution < -0.4 is 4.74 Å². The molecular formula is C14H12F3NO2. The summed E-state index contributed by atoms with van der Waals surface area (Å²) in [6, 6.07) is 8.36. The molecule has 3 nitrogen and oxygen atoms in total. The van der Waals surface area contributed by atoms with Crippen molar-refractivity contribution in [3.63, 3.8) is 0 Å². The molecule has 2 rings (SSSR count). The van der Waals surface area contributed by atoms with E-state index in [4.69, 9.17) is 9.84 Å². The fourth-order valence-electron chi connectivity index (χ4n) is 1.67. The maximum Gasteiger partial charge on any atom is 0.416 e. The van der Waals surface area contributed by atoms with Crippen LogP contribution in [0.15, 0.2) is 42.6 Å². The van der Waals surface area contributed by atoms with E-state index in [-0.39, 0.29) is 18.8 Å². The van der Waals surface area contributed by atoms with Gasteiger partial charge in [-0.15, -0.1) is 0 Å². The van der Waals surface area contributed by atoms with Crippen LogP contribution in [-0.2, 0) is 19.4 Å². The number of ether oxygens (including phenoxy) is 1. The van der Waals surface area contributed by atoms with Gasteiger partial charge in [0, 0.05) is 5.56 Å². The van der Waals surface area contributed by atoms with E-state index in [0.29, 0.717) is 11.4 Å². The largest absolute Gasteiger partial charge is 0.487 e. The van der Waals surface area contributed by atoms with Gasteiger partial charge in [-0.3, -0.25) is 4.98 Å². The van der Waals surface area contributed by atoms with E-state index >= 15 is 0 Å². The van der Waals surface area contributed by atoms with Crippen LogP contribution in [0, 0.1) is 0 Å². The molecule has 0 bridgehead atoms. The lowest BCUT2D eigenvalue weighted by Gasteiger charge is -2.13. The highest BCUT2D eigenvalue weighted by Gasteiger charge is 2.32. The van der Waals surface area contributed by atoms with Crippen LogP contribution in [0.1, 0.15) is 16.8 Å². The van der Waals surface area contributed by atoms with Crippen molar-refractivity contribution in [2.75, 3.05) is 0 Å². The second-order valence-corrected chi connectivity index (χ2v) is 4.09. The number of halogens is 3. The molecular weight excluding hydrogens is 271 g/mol. The Morgan fingerprint density at radius 1 is 1.10 bits per heavy atom.